The predicted octanol–water partition coefficient (Wildman–Crippen LogP) is 5.61. The van der Waals surface area contributed by atoms with Gasteiger partial charge in [-0.25, -0.2) is 0 Å². The van der Waals surface area contributed by atoms with Crippen molar-refractivity contribution in [1.82, 2.24) is 9.19 Å². The first-order valence-electron chi connectivity index (χ1n) is 12.7. The van der Waals surface area contributed by atoms with E-state index in [0.29, 0.717) is 48.6 Å². The minimum absolute atomic E-state index is 0.0282. The third kappa shape index (κ3) is 5.31. The molecule has 0 spiro atoms. The van der Waals surface area contributed by atoms with E-state index in [1.54, 1.807) is 0 Å². The quantitative estimate of drug-likeness (QED) is 0.375. The van der Waals surface area contributed by atoms with Crippen molar-refractivity contribution in [3.63, 3.8) is 0 Å². The molecule has 0 unspecified atom stereocenters. The lowest BCUT2D eigenvalue weighted by atomic mass is 9.84. The van der Waals surface area contributed by atoms with Gasteiger partial charge >= 0.3 is 0 Å². The Morgan fingerprint density at radius 3 is 2.06 bits per heavy atom. The first-order chi connectivity index (χ1) is 17.4. The summed E-state index contributed by atoms with van der Waals surface area (Å²) in [4.78, 5) is -0.0282. The first-order valence-corrected chi connectivity index (χ1v) is 14.1. The van der Waals surface area contributed by atoms with Crippen LogP contribution < -0.4 is 19.9 Å². The molecule has 0 atom stereocenters. The Morgan fingerprint density at radius 2 is 1.50 bits per heavy atom. The van der Waals surface area contributed by atoms with E-state index >= 15 is 0 Å². The first kappa shape index (κ1) is 25.9. The summed E-state index contributed by atoms with van der Waals surface area (Å²) in [5.74, 6) is 1.70. The van der Waals surface area contributed by atoms with Crippen LogP contribution in [0.5, 0.6) is 17.2 Å². The zero-order valence-corrected chi connectivity index (χ0v) is 22.0. The zero-order valence-electron chi connectivity index (χ0n) is 21.2. The third-order valence-electron chi connectivity index (χ3n) is 6.45. The van der Waals surface area contributed by atoms with Crippen molar-refractivity contribution in [2.45, 2.75) is 63.7 Å². The number of hydrogen-bond donors (Lipinski definition) is 1. The number of nitrogens with zero attached hydrogens (tertiary/aromatic N) is 2. The van der Waals surface area contributed by atoms with Crippen molar-refractivity contribution in [2.75, 3.05) is 25.6 Å². The van der Waals surface area contributed by atoms with Crippen LogP contribution in [0, 0.1) is 0 Å². The Labute approximate surface area is 213 Å². The van der Waals surface area contributed by atoms with E-state index in [1.165, 1.54) is 56.0 Å². The van der Waals surface area contributed by atoms with E-state index in [9.17, 15) is 8.42 Å². The van der Waals surface area contributed by atoms with Gasteiger partial charge < -0.3 is 19.9 Å². The minimum Gasteiger partial charge on any atom is -0.490 e. The molecule has 1 aliphatic rings. The lowest BCUT2D eigenvalue weighted by molar-refractivity contribution is 0.259. The summed E-state index contributed by atoms with van der Waals surface area (Å²) in [6.45, 7) is 6.53. The fraction of sp³-hybridized carbons (Fsp3) is 0.444. The monoisotopic (exact) mass is 513 g/mol. The zero-order chi connectivity index (χ0) is 25.7. The van der Waals surface area contributed by atoms with Crippen molar-refractivity contribution in [1.29, 1.82) is 0 Å². The maximum absolute atomic E-state index is 13.6. The molecule has 1 heterocycles. The van der Waals surface area contributed by atoms with E-state index in [-0.39, 0.29) is 10.7 Å². The number of nitrogens with two attached hydrogens (primary N) is 1. The topological polar surface area (TPSA) is 106 Å². The van der Waals surface area contributed by atoms with Crippen LogP contribution in [0.4, 0.5) is 5.82 Å². The molecule has 0 saturated heterocycles. The molecule has 0 aliphatic heterocycles. The van der Waals surface area contributed by atoms with Gasteiger partial charge in [0.15, 0.2) is 17.3 Å². The third-order valence-corrected chi connectivity index (χ3v) is 7.96. The summed E-state index contributed by atoms with van der Waals surface area (Å²) in [5.41, 5.74) is 8.89. The van der Waals surface area contributed by atoms with Crippen molar-refractivity contribution < 1.29 is 22.6 Å². The molecule has 194 valence electrons. The summed E-state index contributed by atoms with van der Waals surface area (Å²) in [6, 6.07) is 11.1. The van der Waals surface area contributed by atoms with Crippen LogP contribution in [-0.2, 0) is 10.0 Å². The van der Waals surface area contributed by atoms with Gasteiger partial charge in [0.25, 0.3) is 10.0 Å². The summed E-state index contributed by atoms with van der Waals surface area (Å²) in [5, 5.41) is 4.15. The van der Waals surface area contributed by atoms with Gasteiger partial charge in [0.2, 0.25) is 5.75 Å². The van der Waals surface area contributed by atoms with Crippen molar-refractivity contribution in [3.05, 3.63) is 48.2 Å². The van der Waals surface area contributed by atoms with Crippen LogP contribution in [0.1, 0.15) is 64.4 Å². The van der Waals surface area contributed by atoms with Crippen molar-refractivity contribution >= 4 is 15.8 Å². The summed E-state index contributed by atoms with van der Waals surface area (Å²) in [6.07, 6.45) is 7.74. The van der Waals surface area contributed by atoms with Crippen molar-refractivity contribution in [2.24, 2.45) is 0 Å². The second-order valence-electron chi connectivity index (χ2n) is 8.81. The molecule has 8 nitrogen and oxygen atoms in total. The molecule has 2 N–H and O–H groups in total. The van der Waals surface area contributed by atoms with E-state index in [2.05, 4.69) is 17.2 Å². The lowest BCUT2D eigenvalue weighted by Gasteiger charge is -2.22. The van der Waals surface area contributed by atoms with Crippen LogP contribution in [-0.4, -0.2) is 37.4 Å². The Balaban J connectivity index is 1.68. The highest BCUT2D eigenvalue weighted by Crippen LogP contribution is 2.41. The molecule has 1 fully saturated rings. The fourth-order valence-electron chi connectivity index (χ4n) is 4.70. The Hall–Kier alpha value is -3.20. The second-order valence-corrected chi connectivity index (χ2v) is 10.6. The molecule has 3 aromatic rings. The number of ether oxygens (including phenoxy) is 3. The van der Waals surface area contributed by atoms with Crippen LogP contribution in [0.25, 0.3) is 11.1 Å². The minimum atomic E-state index is -4.08. The van der Waals surface area contributed by atoms with Gasteiger partial charge in [-0.1, -0.05) is 43.5 Å². The number of benzene rings is 2. The molecule has 0 amide bonds. The van der Waals surface area contributed by atoms with Gasteiger partial charge in [-0.3, -0.25) is 0 Å². The molecular weight excluding hydrogens is 478 g/mol. The highest BCUT2D eigenvalue weighted by molar-refractivity contribution is 7.89. The Morgan fingerprint density at radius 1 is 0.917 bits per heavy atom. The molecule has 0 bridgehead atoms. The average molecular weight is 514 g/mol. The summed E-state index contributed by atoms with van der Waals surface area (Å²) in [7, 11) is -4.08. The SMILES string of the molecule is CCOc1cc(S(=O)(=O)n2cc(-c3ccc(C4CCCCC4)cc3)c(N)n2)cc(OCC)c1OCC. The number of rotatable bonds is 10. The van der Waals surface area contributed by atoms with E-state index in [4.69, 9.17) is 19.9 Å². The van der Waals surface area contributed by atoms with Crippen LogP contribution >= 0.6 is 0 Å². The molecule has 9 heteroatoms. The van der Waals surface area contributed by atoms with E-state index < -0.39 is 10.0 Å². The highest BCUT2D eigenvalue weighted by Gasteiger charge is 2.26. The Bertz CT molecular complexity index is 1250. The van der Waals surface area contributed by atoms with Crippen LogP contribution in [0.15, 0.2) is 47.5 Å². The van der Waals surface area contributed by atoms with Crippen LogP contribution in [0.3, 0.4) is 0 Å². The molecule has 1 aliphatic carbocycles. The Kier molecular flexibility index (Phi) is 8.08. The lowest BCUT2D eigenvalue weighted by Crippen LogP contribution is -2.15. The van der Waals surface area contributed by atoms with E-state index in [0.717, 1.165) is 9.65 Å². The largest absolute Gasteiger partial charge is 0.490 e. The molecule has 2 aromatic carbocycles. The standard InChI is InChI=1S/C27H35N3O5S/c1-4-33-24-16-22(17-25(34-5-2)26(24)35-6-3)36(31,32)30-18-23(27(28)29-30)21-14-12-20(13-15-21)19-10-8-7-9-11-19/h12-19H,4-11H2,1-3H3,(H2,28,29). The maximum Gasteiger partial charge on any atom is 0.283 e. The molecule has 4 rings (SSSR count). The molecule has 1 aromatic heterocycles. The summed E-state index contributed by atoms with van der Waals surface area (Å²) >= 11 is 0. The van der Waals surface area contributed by atoms with Gasteiger partial charge in [-0.15, -0.1) is 5.10 Å². The highest BCUT2D eigenvalue weighted by atomic mass is 32.2. The number of aromatic nitrogens is 2. The number of hydrogen-bond acceptors (Lipinski definition) is 7. The van der Waals surface area contributed by atoms with Crippen molar-refractivity contribution in [3.8, 4) is 28.4 Å². The molecular formula is C27H35N3O5S. The van der Waals surface area contributed by atoms with E-state index in [1.807, 2.05) is 32.9 Å². The molecule has 36 heavy (non-hydrogen) atoms. The molecule has 1 saturated carbocycles. The predicted molar refractivity (Wildman–Crippen MR) is 140 cm³/mol. The smallest absolute Gasteiger partial charge is 0.283 e. The number of nitrogen functional groups attached to an aromatic ring is 1. The van der Waals surface area contributed by atoms with Crippen LogP contribution in [0.2, 0.25) is 0 Å². The average Bonchev–Trinajstić information content (AvgIpc) is 3.29. The van der Waals surface area contributed by atoms with Gasteiger partial charge in [0.1, 0.15) is 0 Å². The summed E-state index contributed by atoms with van der Waals surface area (Å²) < 4.78 is 45.1. The van der Waals surface area contributed by atoms with Gasteiger partial charge in [-0.2, -0.15) is 12.5 Å². The normalized spacial score (nSPS) is 14.5. The number of anilines is 1. The molecule has 0 radical (unpaired) electrons. The fourth-order valence-corrected chi connectivity index (χ4v) is 5.87. The van der Waals surface area contributed by atoms with Gasteiger partial charge in [-0.05, 0) is 50.7 Å². The maximum atomic E-state index is 13.6. The second kappa shape index (κ2) is 11.2. The van der Waals surface area contributed by atoms with Gasteiger partial charge in [0, 0.05) is 17.7 Å². The van der Waals surface area contributed by atoms with Gasteiger partial charge in [0.05, 0.1) is 30.9 Å².